The average molecular weight is 281 g/mol. The van der Waals surface area contributed by atoms with Crippen LogP contribution in [-0.4, -0.2) is 6.04 Å². The number of aryl methyl sites for hydroxylation is 1. The van der Waals surface area contributed by atoms with Crippen molar-refractivity contribution in [2.45, 2.75) is 65.5 Å². The van der Waals surface area contributed by atoms with Crippen molar-refractivity contribution in [3.63, 3.8) is 0 Å². The minimum Gasteiger partial charge on any atom is -0.307 e. The van der Waals surface area contributed by atoms with Gasteiger partial charge in [-0.1, -0.05) is 26.7 Å². The third-order valence-electron chi connectivity index (χ3n) is 4.70. The number of nitrogens with one attached hydrogen (secondary N) is 1. The first-order chi connectivity index (χ1) is 9.31. The monoisotopic (exact) mass is 281 g/mol. The van der Waals surface area contributed by atoms with Crippen LogP contribution >= 0.6 is 0 Å². The van der Waals surface area contributed by atoms with Crippen molar-refractivity contribution >= 4 is 0 Å². The molecule has 0 bridgehead atoms. The molecule has 0 spiro atoms. The third-order valence-corrected chi connectivity index (χ3v) is 4.70. The Bertz CT molecular complexity index is 482. The zero-order chi connectivity index (χ0) is 14.9. The Hall–Kier alpha value is -0.960. The van der Waals surface area contributed by atoms with E-state index in [1.807, 2.05) is 6.92 Å². The van der Waals surface area contributed by atoms with E-state index in [0.717, 1.165) is 6.42 Å². The molecule has 2 rings (SSSR count). The zero-order valence-corrected chi connectivity index (χ0v) is 12.9. The van der Waals surface area contributed by atoms with E-state index in [2.05, 4.69) is 19.2 Å². The van der Waals surface area contributed by atoms with Gasteiger partial charge >= 0.3 is 0 Å². The normalized spacial score (nSPS) is 23.6. The zero-order valence-electron chi connectivity index (χ0n) is 12.9. The van der Waals surface area contributed by atoms with Crippen molar-refractivity contribution in [1.82, 2.24) is 5.32 Å². The predicted octanol–water partition coefficient (Wildman–Crippen LogP) is 4.89. The Balaban J connectivity index is 2.15. The largest absolute Gasteiger partial charge is 0.307 e. The highest BCUT2D eigenvalue weighted by molar-refractivity contribution is 5.27. The Labute approximate surface area is 120 Å². The predicted molar refractivity (Wildman–Crippen MR) is 78.7 cm³/mol. The van der Waals surface area contributed by atoms with Crippen LogP contribution in [0.3, 0.4) is 0 Å². The average Bonchev–Trinajstić information content (AvgIpc) is 2.36. The first kappa shape index (κ1) is 15.4. The van der Waals surface area contributed by atoms with Crippen molar-refractivity contribution in [3.8, 4) is 0 Å². The topological polar surface area (TPSA) is 12.0 Å². The molecule has 0 saturated heterocycles. The van der Waals surface area contributed by atoms with E-state index >= 15 is 0 Å². The minimum absolute atomic E-state index is 0.174. The summed E-state index contributed by atoms with van der Waals surface area (Å²) in [6.07, 6.45) is 4.75. The maximum Gasteiger partial charge on any atom is 0.128 e. The van der Waals surface area contributed by atoms with Crippen LogP contribution in [0.25, 0.3) is 0 Å². The van der Waals surface area contributed by atoms with Gasteiger partial charge in [0.25, 0.3) is 0 Å². The van der Waals surface area contributed by atoms with Crippen molar-refractivity contribution in [2.24, 2.45) is 5.41 Å². The highest BCUT2D eigenvalue weighted by Gasteiger charge is 2.33. The van der Waals surface area contributed by atoms with E-state index in [1.165, 1.54) is 31.4 Å². The highest BCUT2D eigenvalue weighted by atomic mass is 19.1. The van der Waals surface area contributed by atoms with Crippen LogP contribution < -0.4 is 5.32 Å². The highest BCUT2D eigenvalue weighted by Crippen LogP contribution is 2.36. The number of halogens is 2. The molecule has 1 aliphatic rings. The fourth-order valence-electron chi connectivity index (χ4n) is 3.19. The molecule has 3 heteroatoms. The molecule has 0 aliphatic heterocycles. The Kier molecular flexibility index (Phi) is 4.48. The molecule has 2 unspecified atom stereocenters. The summed E-state index contributed by atoms with van der Waals surface area (Å²) in [4.78, 5) is 0. The molecule has 1 aliphatic carbocycles. The van der Waals surface area contributed by atoms with Gasteiger partial charge in [-0.3, -0.25) is 0 Å². The summed E-state index contributed by atoms with van der Waals surface area (Å²) in [5.41, 5.74) is 0.998. The number of benzene rings is 1. The number of rotatable bonds is 3. The van der Waals surface area contributed by atoms with Crippen LogP contribution in [0.2, 0.25) is 0 Å². The number of hydrogen-bond acceptors (Lipinski definition) is 1. The molecule has 1 aromatic carbocycles. The summed E-state index contributed by atoms with van der Waals surface area (Å²) in [7, 11) is 0. The second-order valence-electron chi connectivity index (χ2n) is 6.80. The van der Waals surface area contributed by atoms with E-state index < -0.39 is 0 Å². The summed E-state index contributed by atoms with van der Waals surface area (Å²) in [6.45, 7) is 8.01. The van der Waals surface area contributed by atoms with Crippen molar-refractivity contribution in [2.75, 3.05) is 0 Å². The SMILES string of the molecule is Cc1cc(F)c(C(C)NC2CCCCC2(C)C)cc1F. The van der Waals surface area contributed by atoms with Crippen LogP contribution in [0.1, 0.15) is 63.6 Å². The van der Waals surface area contributed by atoms with Crippen LogP contribution in [-0.2, 0) is 0 Å². The Morgan fingerprint density at radius 3 is 2.55 bits per heavy atom. The van der Waals surface area contributed by atoms with Gasteiger partial charge in [-0.2, -0.15) is 0 Å². The van der Waals surface area contributed by atoms with Gasteiger partial charge in [-0.15, -0.1) is 0 Å². The minimum atomic E-state index is -0.335. The molecular formula is C17H25F2N. The van der Waals surface area contributed by atoms with Gasteiger partial charge in [0.05, 0.1) is 0 Å². The fourth-order valence-corrected chi connectivity index (χ4v) is 3.19. The van der Waals surface area contributed by atoms with E-state index in [-0.39, 0.29) is 23.1 Å². The van der Waals surface area contributed by atoms with Gasteiger partial charge in [0.1, 0.15) is 11.6 Å². The molecule has 1 nitrogen and oxygen atoms in total. The number of hydrogen-bond donors (Lipinski definition) is 1. The first-order valence-electron chi connectivity index (χ1n) is 7.53. The van der Waals surface area contributed by atoms with Crippen molar-refractivity contribution in [1.29, 1.82) is 0 Å². The van der Waals surface area contributed by atoms with Gasteiger partial charge in [0.2, 0.25) is 0 Å². The standard InChI is InChI=1S/C17H25F2N/c1-11-9-15(19)13(10-14(11)18)12(2)20-16-7-5-6-8-17(16,3)4/h9-10,12,16,20H,5-8H2,1-4H3. The molecule has 0 amide bonds. The lowest BCUT2D eigenvalue weighted by Crippen LogP contribution is -2.45. The summed E-state index contributed by atoms with van der Waals surface area (Å²) in [5.74, 6) is -0.657. The maximum absolute atomic E-state index is 14.0. The molecule has 0 radical (unpaired) electrons. The van der Waals surface area contributed by atoms with Gasteiger partial charge in [0, 0.05) is 17.6 Å². The van der Waals surface area contributed by atoms with E-state index in [0.29, 0.717) is 17.2 Å². The van der Waals surface area contributed by atoms with Gasteiger partial charge in [0.15, 0.2) is 0 Å². The molecule has 0 aromatic heterocycles. The van der Waals surface area contributed by atoms with E-state index in [4.69, 9.17) is 0 Å². The maximum atomic E-state index is 14.0. The lowest BCUT2D eigenvalue weighted by molar-refractivity contribution is 0.157. The second kappa shape index (κ2) is 5.80. The van der Waals surface area contributed by atoms with Crippen LogP contribution in [0.5, 0.6) is 0 Å². The van der Waals surface area contributed by atoms with Gasteiger partial charge in [-0.25, -0.2) is 8.78 Å². The van der Waals surface area contributed by atoms with Crippen molar-refractivity contribution in [3.05, 3.63) is 34.9 Å². The quantitative estimate of drug-likeness (QED) is 0.831. The van der Waals surface area contributed by atoms with Crippen LogP contribution in [0.4, 0.5) is 8.78 Å². The first-order valence-corrected chi connectivity index (χ1v) is 7.53. The fraction of sp³-hybridized carbons (Fsp3) is 0.647. The summed E-state index contributed by atoms with van der Waals surface area (Å²) in [5, 5.41) is 3.51. The van der Waals surface area contributed by atoms with Crippen LogP contribution in [0.15, 0.2) is 12.1 Å². The lowest BCUT2D eigenvalue weighted by Gasteiger charge is -2.41. The summed E-state index contributed by atoms with van der Waals surface area (Å²) in [6, 6.07) is 2.80. The Morgan fingerprint density at radius 2 is 1.90 bits per heavy atom. The van der Waals surface area contributed by atoms with Gasteiger partial charge < -0.3 is 5.32 Å². The molecule has 1 fully saturated rings. The molecule has 1 N–H and O–H groups in total. The summed E-state index contributed by atoms with van der Waals surface area (Å²) >= 11 is 0. The molecule has 112 valence electrons. The molecule has 2 atom stereocenters. The van der Waals surface area contributed by atoms with E-state index in [1.54, 1.807) is 6.92 Å². The molecule has 1 saturated carbocycles. The molecule has 1 aromatic rings. The van der Waals surface area contributed by atoms with E-state index in [9.17, 15) is 8.78 Å². The van der Waals surface area contributed by atoms with Crippen LogP contribution in [0, 0.1) is 24.0 Å². The molecule has 0 heterocycles. The van der Waals surface area contributed by atoms with Crippen molar-refractivity contribution < 1.29 is 8.78 Å². The lowest BCUT2D eigenvalue weighted by atomic mass is 9.73. The molecule has 20 heavy (non-hydrogen) atoms. The smallest absolute Gasteiger partial charge is 0.128 e. The Morgan fingerprint density at radius 1 is 1.20 bits per heavy atom. The third kappa shape index (κ3) is 3.20. The second-order valence-corrected chi connectivity index (χ2v) is 6.80. The van der Waals surface area contributed by atoms with Gasteiger partial charge in [-0.05, 0) is 49.8 Å². The summed E-state index contributed by atoms with van der Waals surface area (Å²) < 4.78 is 27.7. The molecular weight excluding hydrogens is 256 g/mol.